The van der Waals surface area contributed by atoms with Gasteiger partial charge in [-0.25, -0.2) is 4.83 Å². The summed E-state index contributed by atoms with van der Waals surface area (Å²) in [7, 11) is -2.29. The second-order valence-corrected chi connectivity index (χ2v) is 7.83. The lowest BCUT2D eigenvalue weighted by atomic mass is 10.2. The summed E-state index contributed by atoms with van der Waals surface area (Å²) in [6.45, 7) is 4.05. The standard InChI is InChI=1S/C20H25N3O5S/c1-4-5-12-28-19-11-6-16(13-20(19)27-3)14-21-23-29(25,26)18-9-7-17(8-10-18)22-15(2)24/h6-11,13-14,23H,4-5,12H2,1-3H3,(H,22,24)/b21-14+. The SMILES string of the molecule is CCCCOc1ccc(/C=N/NS(=O)(=O)c2ccc(NC(C)=O)cc2)cc1OC. The maximum Gasteiger partial charge on any atom is 0.276 e. The summed E-state index contributed by atoms with van der Waals surface area (Å²) in [5.41, 5.74) is 1.15. The van der Waals surface area contributed by atoms with Crippen LogP contribution in [-0.2, 0) is 14.8 Å². The Hall–Kier alpha value is -3.07. The molecule has 156 valence electrons. The van der Waals surface area contributed by atoms with E-state index in [-0.39, 0.29) is 10.8 Å². The van der Waals surface area contributed by atoms with Crippen LogP contribution in [0, 0.1) is 0 Å². The number of amides is 1. The maximum absolute atomic E-state index is 12.3. The van der Waals surface area contributed by atoms with Gasteiger partial charge in [-0.2, -0.15) is 13.5 Å². The van der Waals surface area contributed by atoms with Gasteiger partial charge in [0.1, 0.15) is 0 Å². The van der Waals surface area contributed by atoms with E-state index in [1.54, 1.807) is 18.2 Å². The smallest absolute Gasteiger partial charge is 0.276 e. The lowest BCUT2D eigenvalue weighted by Crippen LogP contribution is -2.18. The Bertz CT molecular complexity index is 957. The minimum Gasteiger partial charge on any atom is -0.493 e. The zero-order chi connectivity index (χ0) is 21.3. The van der Waals surface area contributed by atoms with E-state index < -0.39 is 10.0 Å². The van der Waals surface area contributed by atoms with Crippen LogP contribution in [0.25, 0.3) is 0 Å². The Labute approximate surface area is 171 Å². The number of nitrogens with zero attached hydrogens (tertiary/aromatic N) is 1. The van der Waals surface area contributed by atoms with Gasteiger partial charge in [-0.1, -0.05) is 13.3 Å². The number of ether oxygens (including phenoxy) is 2. The predicted molar refractivity (Wildman–Crippen MR) is 112 cm³/mol. The van der Waals surface area contributed by atoms with Crippen LogP contribution in [0.5, 0.6) is 11.5 Å². The van der Waals surface area contributed by atoms with E-state index in [1.807, 2.05) is 0 Å². The number of anilines is 1. The highest BCUT2D eigenvalue weighted by atomic mass is 32.2. The molecule has 1 amide bonds. The summed E-state index contributed by atoms with van der Waals surface area (Å²) >= 11 is 0. The van der Waals surface area contributed by atoms with Crippen molar-refractivity contribution in [3.63, 3.8) is 0 Å². The van der Waals surface area contributed by atoms with Crippen molar-refractivity contribution in [1.82, 2.24) is 4.83 Å². The molecule has 2 N–H and O–H groups in total. The summed E-state index contributed by atoms with van der Waals surface area (Å²) in [5.74, 6) is 0.931. The third-order valence-corrected chi connectivity index (χ3v) is 5.05. The summed E-state index contributed by atoms with van der Waals surface area (Å²) < 4.78 is 35.6. The number of unbranched alkanes of at least 4 members (excludes halogenated alkanes) is 1. The van der Waals surface area contributed by atoms with Gasteiger partial charge >= 0.3 is 0 Å². The van der Waals surface area contributed by atoms with Gasteiger partial charge in [-0.15, -0.1) is 0 Å². The van der Waals surface area contributed by atoms with Crippen LogP contribution in [0.15, 0.2) is 52.5 Å². The average molecular weight is 420 g/mol. The molecular weight excluding hydrogens is 394 g/mol. The van der Waals surface area contributed by atoms with Crippen molar-refractivity contribution in [2.75, 3.05) is 19.0 Å². The van der Waals surface area contributed by atoms with Gasteiger partial charge in [0.2, 0.25) is 5.91 Å². The van der Waals surface area contributed by atoms with Crippen LogP contribution in [0.2, 0.25) is 0 Å². The Morgan fingerprint density at radius 1 is 1.14 bits per heavy atom. The fraction of sp³-hybridized carbons (Fsp3) is 0.300. The van der Waals surface area contributed by atoms with Crippen molar-refractivity contribution in [2.24, 2.45) is 5.10 Å². The molecule has 0 unspecified atom stereocenters. The molecule has 0 heterocycles. The van der Waals surface area contributed by atoms with E-state index in [2.05, 4.69) is 22.2 Å². The lowest BCUT2D eigenvalue weighted by Gasteiger charge is -2.10. The molecule has 29 heavy (non-hydrogen) atoms. The molecule has 0 saturated carbocycles. The van der Waals surface area contributed by atoms with Crippen molar-refractivity contribution < 1.29 is 22.7 Å². The highest BCUT2D eigenvalue weighted by Gasteiger charge is 2.12. The molecule has 0 spiro atoms. The van der Waals surface area contributed by atoms with E-state index in [0.717, 1.165) is 12.8 Å². The Morgan fingerprint density at radius 3 is 2.48 bits per heavy atom. The molecular formula is C20H25N3O5S. The fourth-order valence-electron chi connectivity index (χ4n) is 2.35. The number of benzene rings is 2. The number of carbonyl (C=O) groups is 1. The van der Waals surface area contributed by atoms with Crippen LogP contribution < -0.4 is 19.6 Å². The molecule has 0 saturated heterocycles. The number of carbonyl (C=O) groups excluding carboxylic acids is 1. The highest BCUT2D eigenvalue weighted by Crippen LogP contribution is 2.27. The summed E-state index contributed by atoms with van der Waals surface area (Å²) in [4.78, 5) is 13.2. The first-order valence-electron chi connectivity index (χ1n) is 9.09. The van der Waals surface area contributed by atoms with Crippen LogP contribution >= 0.6 is 0 Å². The van der Waals surface area contributed by atoms with Crippen LogP contribution in [0.1, 0.15) is 32.3 Å². The van der Waals surface area contributed by atoms with E-state index >= 15 is 0 Å². The van der Waals surface area contributed by atoms with E-state index in [1.165, 1.54) is 44.5 Å². The minimum absolute atomic E-state index is 0.0287. The van der Waals surface area contributed by atoms with Crippen LogP contribution in [-0.4, -0.2) is 34.3 Å². The van der Waals surface area contributed by atoms with E-state index in [0.29, 0.717) is 29.4 Å². The first-order chi connectivity index (χ1) is 13.9. The number of hydrogen-bond donors (Lipinski definition) is 2. The monoisotopic (exact) mass is 419 g/mol. The summed E-state index contributed by atoms with van der Waals surface area (Å²) in [6.07, 6.45) is 3.35. The minimum atomic E-state index is -3.83. The topological polar surface area (TPSA) is 106 Å². The zero-order valence-electron chi connectivity index (χ0n) is 16.6. The molecule has 0 bridgehead atoms. The first kappa shape index (κ1) is 22.2. The first-order valence-corrected chi connectivity index (χ1v) is 10.6. The number of rotatable bonds is 10. The summed E-state index contributed by atoms with van der Waals surface area (Å²) in [5, 5.41) is 6.39. The highest BCUT2D eigenvalue weighted by molar-refractivity contribution is 7.89. The maximum atomic E-state index is 12.3. The van der Waals surface area contributed by atoms with Gasteiger partial charge in [0.25, 0.3) is 10.0 Å². The molecule has 8 nitrogen and oxygen atoms in total. The second-order valence-electron chi connectivity index (χ2n) is 6.17. The molecule has 9 heteroatoms. The molecule has 0 aliphatic carbocycles. The average Bonchev–Trinajstić information content (AvgIpc) is 2.69. The van der Waals surface area contributed by atoms with Gasteiger partial charge < -0.3 is 14.8 Å². The largest absolute Gasteiger partial charge is 0.493 e. The molecule has 0 aliphatic rings. The Balaban J connectivity index is 2.04. The Kier molecular flexibility index (Phi) is 8.02. The lowest BCUT2D eigenvalue weighted by molar-refractivity contribution is -0.114. The van der Waals surface area contributed by atoms with Crippen LogP contribution in [0.4, 0.5) is 5.69 Å². The third-order valence-electron chi connectivity index (χ3n) is 3.81. The molecule has 0 fully saturated rings. The zero-order valence-corrected chi connectivity index (χ0v) is 17.5. The van der Waals surface area contributed by atoms with Gasteiger partial charge in [0.15, 0.2) is 11.5 Å². The van der Waals surface area contributed by atoms with E-state index in [9.17, 15) is 13.2 Å². The molecule has 0 atom stereocenters. The second kappa shape index (κ2) is 10.5. The van der Waals surface area contributed by atoms with Gasteiger partial charge in [-0.05, 0) is 54.4 Å². The van der Waals surface area contributed by atoms with Crippen LogP contribution in [0.3, 0.4) is 0 Å². The molecule has 0 radical (unpaired) electrons. The molecule has 0 aromatic heterocycles. The normalized spacial score (nSPS) is 11.3. The molecule has 2 aromatic carbocycles. The Morgan fingerprint density at radius 2 is 1.86 bits per heavy atom. The number of hydrogen-bond acceptors (Lipinski definition) is 6. The van der Waals surface area contributed by atoms with Crippen molar-refractivity contribution in [1.29, 1.82) is 0 Å². The number of sulfonamides is 1. The molecule has 2 rings (SSSR count). The fourth-order valence-corrected chi connectivity index (χ4v) is 3.15. The number of methoxy groups -OCH3 is 1. The van der Waals surface area contributed by atoms with E-state index in [4.69, 9.17) is 9.47 Å². The van der Waals surface area contributed by atoms with Crippen molar-refractivity contribution >= 4 is 27.8 Å². The third kappa shape index (κ3) is 6.79. The van der Waals surface area contributed by atoms with Gasteiger partial charge in [-0.3, -0.25) is 4.79 Å². The quantitative estimate of drug-likeness (QED) is 0.350. The number of nitrogens with one attached hydrogen (secondary N) is 2. The molecule has 2 aromatic rings. The van der Waals surface area contributed by atoms with Crippen molar-refractivity contribution in [3.8, 4) is 11.5 Å². The van der Waals surface area contributed by atoms with Crippen molar-refractivity contribution in [3.05, 3.63) is 48.0 Å². The van der Waals surface area contributed by atoms with Crippen molar-refractivity contribution in [2.45, 2.75) is 31.6 Å². The van der Waals surface area contributed by atoms with Gasteiger partial charge in [0, 0.05) is 12.6 Å². The molecule has 0 aliphatic heterocycles. The number of hydrazone groups is 1. The predicted octanol–water partition coefficient (Wildman–Crippen LogP) is 3.14. The summed E-state index contributed by atoms with van der Waals surface area (Å²) in [6, 6.07) is 11.0. The van der Waals surface area contributed by atoms with Gasteiger partial charge in [0.05, 0.1) is 24.8 Å².